The van der Waals surface area contributed by atoms with Gasteiger partial charge in [0.25, 0.3) is 20.2 Å². The van der Waals surface area contributed by atoms with Crippen LogP contribution in [-0.2, 0) is 20.2 Å². The van der Waals surface area contributed by atoms with Gasteiger partial charge in [0.05, 0.1) is 11.4 Å². The summed E-state index contributed by atoms with van der Waals surface area (Å²) in [7, 11) is -7.70. The van der Waals surface area contributed by atoms with E-state index in [1.165, 1.54) is 14.0 Å². The van der Waals surface area contributed by atoms with E-state index in [-0.39, 0.29) is 34.0 Å². The molecule has 0 saturated carbocycles. The standard InChI is InChI=1S/C14H17ClN6O7S2/c1-6-5-8(30(26,27)28)10(16)11(22)9(6)7(3-4-29(23,24)25)18-14-20-12(15)19-13(17-2)21-14/h3,5,22H,4,16H2,1-2H3,(H,23,24,25)(H,26,27,28)(H2,17,18,19,20,21)/b7-3+. The van der Waals surface area contributed by atoms with Crippen molar-refractivity contribution < 1.29 is 31.0 Å². The molecule has 2 aromatic rings. The van der Waals surface area contributed by atoms with Gasteiger partial charge >= 0.3 is 0 Å². The summed E-state index contributed by atoms with van der Waals surface area (Å²) in [5, 5.41) is 15.5. The van der Waals surface area contributed by atoms with Gasteiger partial charge in [-0.2, -0.15) is 31.8 Å². The lowest BCUT2D eigenvalue weighted by Crippen LogP contribution is -2.12. The van der Waals surface area contributed by atoms with Crippen molar-refractivity contribution >= 4 is 55.1 Å². The van der Waals surface area contributed by atoms with E-state index in [2.05, 4.69) is 25.6 Å². The van der Waals surface area contributed by atoms with Gasteiger partial charge in [-0.05, 0) is 36.2 Å². The first-order chi connectivity index (χ1) is 13.7. The largest absolute Gasteiger partial charge is 0.505 e. The van der Waals surface area contributed by atoms with Gasteiger partial charge in [0, 0.05) is 18.3 Å². The van der Waals surface area contributed by atoms with E-state index in [9.17, 15) is 26.5 Å². The third kappa shape index (κ3) is 5.67. The molecule has 13 nitrogen and oxygen atoms in total. The smallest absolute Gasteiger partial charge is 0.296 e. The number of hydrogen-bond acceptors (Lipinski definition) is 11. The highest BCUT2D eigenvalue weighted by Gasteiger charge is 2.24. The second-order valence-corrected chi connectivity index (χ2v) is 9.02. The average Bonchev–Trinajstić information content (AvgIpc) is 2.60. The topological polar surface area (TPSA) is 218 Å². The zero-order valence-electron chi connectivity index (χ0n) is 15.4. The van der Waals surface area contributed by atoms with E-state index in [1.54, 1.807) is 0 Å². The van der Waals surface area contributed by atoms with Crippen LogP contribution in [0.2, 0.25) is 5.28 Å². The quantitative estimate of drug-likeness (QED) is 0.183. The van der Waals surface area contributed by atoms with Gasteiger partial charge in [0.15, 0.2) is 0 Å². The molecule has 0 saturated heterocycles. The van der Waals surface area contributed by atoms with Crippen molar-refractivity contribution in [2.24, 2.45) is 0 Å². The first-order valence-electron chi connectivity index (χ1n) is 7.84. The summed E-state index contributed by atoms with van der Waals surface area (Å²) < 4.78 is 63.7. The number of nitrogens with zero attached hydrogens (tertiary/aromatic N) is 3. The second-order valence-electron chi connectivity index (χ2n) is 5.80. The fourth-order valence-corrected chi connectivity index (χ4v) is 3.62. The Morgan fingerprint density at radius 2 is 1.80 bits per heavy atom. The molecule has 0 aliphatic carbocycles. The molecule has 7 N–H and O–H groups in total. The molecule has 30 heavy (non-hydrogen) atoms. The number of anilines is 3. The number of halogens is 1. The number of aromatic nitrogens is 3. The minimum absolute atomic E-state index is 0.0637. The summed E-state index contributed by atoms with van der Waals surface area (Å²) in [5.41, 5.74) is 4.75. The number of aromatic hydroxyl groups is 1. The number of aryl methyl sites for hydroxylation is 1. The lowest BCUT2D eigenvalue weighted by atomic mass is 10.0. The molecule has 1 aromatic carbocycles. The molecule has 0 aliphatic rings. The Bertz CT molecular complexity index is 1230. The molecule has 0 amide bonds. The van der Waals surface area contributed by atoms with E-state index in [4.69, 9.17) is 21.9 Å². The van der Waals surface area contributed by atoms with Crippen LogP contribution in [0.3, 0.4) is 0 Å². The van der Waals surface area contributed by atoms with E-state index in [0.29, 0.717) is 0 Å². The maximum Gasteiger partial charge on any atom is 0.296 e. The Kier molecular flexibility index (Phi) is 6.73. The van der Waals surface area contributed by atoms with E-state index >= 15 is 0 Å². The monoisotopic (exact) mass is 480 g/mol. The van der Waals surface area contributed by atoms with Crippen LogP contribution < -0.4 is 16.4 Å². The van der Waals surface area contributed by atoms with Crippen LogP contribution in [-0.4, -0.2) is 58.8 Å². The highest BCUT2D eigenvalue weighted by Crippen LogP contribution is 2.38. The lowest BCUT2D eigenvalue weighted by Gasteiger charge is -2.17. The third-order valence-corrected chi connectivity index (χ3v) is 5.27. The third-order valence-electron chi connectivity index (χ3n) is 3.62. The minimum Gasteiger partial charge on any atom is -0.505 e. The van der Waals surface area contributed by atoms with Crippen LogP contribution in [0, 0.1) is 6.92 Å². The molecule has 0 unspecified atom stereocenters. The van der Waals surface area contributed by atoms with Crippen molar-refractivity contribution in [3.05, 3.63) is 28.6 Å². The summed E-state index contributed by atoms with van der Waals surface area (Å²) in [4.78, 5) is 10.8. The molecule has 0 aliphatic heterocycles. The number of rotatable bonds is 7. The number of nitrogens with one attached hydrogen (secondary N) is 2. The Morgan fingerprint density at radius 1 is 1.20 bits per heavy atom. The molecule has 16 heteroatoms. The Labute approximate surface area is 176 Å². The van der Waals surface area contributed by atoms with Crippen LogP contribution in [0.1, 0.15) is 11.1 Å². The van der Waals surface area contributed by atoms with Crippen molar-refractivity contribution in [1.29, 1.82) is 0 Å². The molecule has 1 heterocycles. The van der Waals surface area contributed by atoms with Gasteiger partial charge in [0.2, 0.25) is 17.2 Å². The zero-order valence-corrected chi connectivity index (χ0v) is 17.8. The lowest BCUT2D eigenvalue weighted by molar-refractivity contribution is 0.467. The maximum atomic E-state index is 11.5. The second kappa shape index (κ2) is 8.57. The van der Waals surface area contributed by atoms with Crippen molar-refractivity contribution in [2.75, 3.05) is 29.2 Å². The van der Waals surface area contributed by atoms with Crippen molar-refractivity contribution in [1.82, 2.24) is 15.0 Å². The van der Waals surface area contributed by atoms with Crippen molar-refractivity contribution in [3.63, 3.8) is 0 Å². The van der Waals surface area contributed by atoms with Gasteiger partial charge in [-0.3, -0.25) is 9.11 Å². The van der Waals surface area contributed by atoms with Gasteiger partial charge in [-0.1, -0.05) is 0 Å². The van der Waals surface area contributed by atoms with Crippen LogP contribution in [0.25, 0.3) is 5.70 Å². The van der Waals surface area contributed by atoms with Crippen molar-refractivity contribution in [2.45, 2.75) is 11.8 Å². The first kappa shape index (κ1) is 23.6. The van der Waals surface area contributed by atoms with Gasteiger partial charge < -0.3 is 21.5 Å². The van der Waals surface area contributed by atoms with E-state index in [1.807, 2.05) is 0 Å². The van der Waals surface area contributed by atoms with Gasteiger partial charge in [-0.15, -0.1) is 0 Å². The van der Waals surface area contributed by atoms with Gasteiger partial charge in [0.1, 0.15) is 10.6 Å². The molecule has 164 valence electrons. The molecule has 2 rings (SSSR count). The first-order valence-corrected chi connectivity index (χ1v) is 11.3. The molecule has 0 spiro atoms. The molecule has 0 fully saturated rings. The fourth-order valence-electron chi connectivity index (χ4n) is 2.38. The Morgan fingerprint density at radius 3 is 2.33 bits per heavy atom. The minimum atomic E-state index is -4.75. The van der Waals surface area contributed by atoms with Crippen LogP contribution in [0.4, 0.5) is 17.6 Å². The summed E-state index contributed by atoms with van der Waals surface area (Å²) in [6.45, 7) is 1.37. The average molecular weight is 481 g/mol. The maximum absolute atomic E-state index is 11.5. The molecule has 0 bridgehead atoms. The Balaban J connectivity index is 2.70. The highest BCUT2D eigenvalue weighted by atomic mass is 35.5. The molecular weight excluding hydrogens is 464 g/mol. The number of nitrogen functional groups attached to an aromatic ring is 1. The van der Waals surface area contributed by atoms with E-state index in [0.717, 1.165) is 12.1 Å². The summed E-state index contributed by atoms with van der Waals surface area (Å²) >= 11 is 5.81. The summed E-state index contributed by atoms with van der Waals surface area (Å²) in [6.07, 6.45) is 0.973. The summed E-state index contributed by atoms with van der Waals surface area (Å²) in [5.74, 6) is -1.76. The van der Waals surface area contributed by atoms with Crippen LogP contribution in [0.15, 0.2) is 17.0 Å². The molecule has 1 aromatic heterocycles. The Hall–Kier alpha value is -2.72. The highest BCUT2D eigenvalue weighted by molar-refractivity contribution is 7.86. The van der Waals surface area contributed by atoms with Crippen molar-refractivity contribution in [3.8, 4) is 5.75 Å². The number of hydrogen-bond donors (Lipinski definition) is 6. The fraction of sp³-hybridized carbons (Fsp3) is 0.214. The molecule has 0 atom stereocenters. The normalized spacial score (nSPS) is 12.6. The van der Waals surface area contributed by atoms with Gasteiger partial charge in [-0.25, -0.2) is 0 Å². The number of nitrogens with two attached hydrogens (primary N) is 1. The van der Waals surface area contributed by atoms with Crippen LogP contribution in [0.5, 0.6) is 5.75 Å². The number of benzene rings is 1. The number of phenols is 1. The molecular formula is C14H17ClN6O7S2. The predicted molar refractivity (Wildman–Crippen MR) is 109 cm³/mol. The summed E-state index contributed by atoms with van der Waals surface area (Å²) in [6, 6.07) is 0.974. The molecule has 0 radical (unpaired) electrons. The SMILES string of the molecule is CNc1nc(Cl)nc(N/C(=C/CS(=O)(=O)O)c2c(C)cc(S(=O)(=O)O)c(N)c2O)n1. The number of phenolic OH excluding ortho intramolecular Hbond substituents is 1. The van der Waals surface area contributed by atoms with E-state index < -0.39 is 42.3 Å². The van der Waals surface area contributed by atoms with Crippen LogP contribution >= 0.6 is 11.6 Å². The predicted octanol–water partition coefficient (Wildman–Crippen LogP) is 0.750. The zero-order chi connectivity index (χ0) is 22.9.